The van der Waals surface area contributed by atoms with E-state index in [0.29, 0.717) is 6.54 Å². The number of furan rings is 1. The van der Waals surface area contributed by atoms with Gasteiger partial charge in [-0.15, -0.1) is 0 Å². The molecule has 6 heteroatoms. The summed E-state index contributed by atoms with van der Waals surface area (Å²) in [5.41, 5.74) is 0.504. The molecule has 0 spiro atoms. The number of amides is 1. The minimum absolute atomic E-state index is 0.0597. The topological polar surface area (TPSA) is 54.3 Å². The molecule has 0 unspecified atom stereocenters. The molecular weight excluding hydrogens is 278 g/mol. The van der Waals surface area contributed by atoms with Crippen molar-refractivity contribution in [1.82, 2.24) is 5.32 Å². The van der Waals surface area contributed by atoms with E-state index >= 15 is 0 Å². The lowest BCUT2D eigenvalue weighted by molar-refractivity contribution is 0.0950. The van der Waals surface area contributed by atoms with Crippen LogP contribution in [0.4, 0.5) is 14.5 Å². The van der Waals surface area contributed by atoms with Gasteiger partial charge in [0.1, 0.15) is 17.3 Å². The van der Waals surface area contributed by atoms with Gasteiger partial charge in [-0.3, -0.25) is 4.79 Å². The molecule has 2 rings (SSSR count). The second kappa shape index (κ2) is 6.88. The molecule has 1 aromatic heterocycles. The average Bonchev–Trinajstić information content (AvgIpc) is 2.97. The molecule has 1 heterocycles. The van der Waals surface area contributed by atoms with Crippen LogP contribution in [0.3, 0.4) is 0 Å². The van der Waals surface area contributed by atoms with E-state index in [9.17, 15) is 13.6 Å². The minimum Gasteiger partial charge on any atom is -0.472 e. The Morgan fingerprint density at radius 2 is 2.00 bits per heavy atom. The second-order valence-electron chi connectivity index (χ2n) is 4.56. The fourth-order valence-electron chi connectivity index (χ4n) is 1.80. The lowest BCUT2D eigenvalue weighted by atomic mass is 10.1. The summed E-state index contributed by atoms with van der Waals surface area (Å²) in [6.45, 7) is 2.58. The number of halogens is 2. The van der Waals surface area contributed by atoms with E-state index in [0.717, 1.165) is 24.1 Å². The van der Waals surface area contributed by atoms with Crippen molar-refractivity contribution in [3.63, 3.8) is 0 Å². The number of anilines is 1. The molecule has 0 bridgehead atoms. The average molecular weight is 294 g/mol. The molecule has 0 aliphatic carbocycles. The first-order valence-electron chi connectivity index (χ1n) is 6.64. The van der Waals surface area contributed by atoms with Gasteiger partial charge < -0.3 is 15.1 Å². The maximum absolute atomic E-state index is 13.8. The van der Waals surface area contributed by atoms with Crippen molar-refractivity contribution in [2.75, 3.05) is 11.9 Å². The van der Waals surface area contributed by atoms with Crippen LogP contribution >= 0.6 is 0 Å². The number of hydrogen-bond acceptors (Lipinski definition) is 3. The molecule has 0 aliphatic heterocycles. The van der Waals surface area contributed by atoms with Crippen molar-refractivity contribution >= 4 is 11.6 Å². The van der Waals surface area contributed by atoms with Gasteiger partial charge in [-0.05, 0) is 24.6 Å². The van der Waals surface area contributed by atoms with Crippen molar-refractivity contribution in [3.05, 3.63) is 53.5 Å². The van der Waals surface area contributed by atoms with Crippen LogP contribution in [0.25, 0.3) is 0 Å². The van der Waals surface area contributed by atoms with Gasteiger partial charge in [0.2, 0.25) is 0 Å². The molecule has 21 heavy (non-hydrogen) atoms. The molecule has 0 aliphatic rings. The molecule has 1 aromatic carbocycles. The summed E-state index contributed by atoms with van der Waals surface area (Å²) in [5.74, 6) is -2.11. The Morgan fingerprint density at radius 3 is 2.57 bits per heavy atom. The molecule has 0 saturated heterocycles. The summed E-state index contributed by atoms with van der Waals surface area (Å²) in [4.78, 5) is 11.9. The third-order valence-electron chi connectivity index (χ3n) is 2.89. The van der Waals surface area contributed by atoms with Crippen molar-refractivity contribution in [3.8, 4) is 0 Å². The van der Waals surface area contributed by atoms with Crippen LogP contribution in [0.15, 0.2) is 35.1 Å². The lowest BCUT2D eigenvalue weighted by Crippen LogP contribution is -2.23. The van der Waals surface area contributed by atoms with E-state index < -0.39 is 17.5 Å². The Balaban J connectivity index is 2.07. The van der Waals surface area contributed by atoms with Gasteiger partial charge in [-0.1, -0.05) is 6.92 Å². The lowest BCUT2D eigenvalue weighted by Gasteiger charge is -2.10. The minimum atomic E-state index is -0.781. The van der Waals surface area contributed by atoms with Crippen LogP contribution in [0.1, 0.15) is 29.3 Å². The maximum Gasteiger partial charge on any atom is 0.251 e. The van der Waals surface area contributed by atoms with E-state index in [2.05, 4.69) is 10.6 Å². The fourth-order valence-corrected chi connectivity index (χ4v) is 1.80. The highest BCUT2D eigenvalue weighted by Crippen LogP contribution is 2.21. The van der Waals surface area contributed by atoms with E-state index in [1.54, 1.807) is 6.07 Å². The van der Waals surface area contributed by atoms with Gasteiger partial charge in [0.15, 0.2) is 0 Å². The van der Waals surface area contributed by atoms with Crippen LogP contribution in [0.5, 0.6) is 0 Å². The van der Waals surface area contributed by atoms with E-state index in [4.69, 9.17) is 4.42 Å². The zero-order valence-electron chi connectivity index (χ0n) is 11.6. The zero-order chi connectivity index (χ0) is 15.2. The summed E-state index contributed by atoms with van der Waals surface area (Å²) in [5, 5.41) is 5.22. The number of hydrogen-bond donors (Lipinski definition) is 2. The smallest absolute Gasteiger partial charge is 0.251 e. The molecule has 2 aromatic rings. The van der Waals surface area contributed by atoms with Crippen molar-refractivity contribution in [2.45, 2.75) is 19.9 Å². The van der Waals surface area contributed by atoms with Crippen molar-refractivity contribution in [2.24, 2.45) is 0 Å². The van der Waals surface area contributed by atoms with Crippen LogP contribution in [-0.4, -0.2) is 12.5 Å². The van der Waals surface area contributed by atoms with Gasteiger partial charge in [-0.2, -0.15) is 0 Å². The highest BCUT2D eigenvalue weighted by Gasteiger charge is 2.14. The molecule has 4 nitrogen and oxygen atoms in total. The second-order valence-corrected chi connectivity index (χ2v) is 4.56. The molecule has 1 amide bonds. The van der Waals surface area contributed by atoms with Gasteiger partial charge >= 0.3 is 0 Å². The molecule has 112 valence electrons. The number of carbonyl (C=O) groups excluding carboxylic acids is 1. The Labute approximate surface area is 121 Å². The summed E-state index contributed by atoms with van der Waals surface area (Å²) in [6, 6.07) is 3.73. The number of carbonyl (C=O) groups is 1. The van der Waals surface area contributed by atoms with E-state index in [1.165, 1.54) is 12.5 Å². The van der Waals surface area contributed by atoms with Crippen molar-refractivity contribution in [1.29, 1.82) is 0 Å². The Morgan fingerprint density at radius 1 is 1.29 bits per heavy atom. The van der Waals surface area contributed by atoms with Crippen LogP contribution < -0.4 is 10.6 Å². The molecule has 0 atom stereocenters. The van der Waals surface area contributed by atoms with Gasteiger partial charge in [-0.25, -0.2) is 8.78 Å². The third-order valence-corrected chi connectivity index (χ3v) is 2.89. The van der Waals surface area contributed by atoms with Crippen LogP contribution in [0, 0.1) is 11.6 Å². The molecular formula is C15H16F2N2O2. The SMILES string of the molecule is CCCNc1c(F)cc(C(=O)NCc2ccoc2)cc1F. The van der Waals surface area contributed by atoms with Gasteiger partial charge in [0, 0.05) is 24.2 Å². The highest BCUT2D eigenvalue weighted by atomic mass is 19.1. The monoisotopic (exact) mass is 294 g/mol. The number of rotatable bonds is 6. The standard InChI is InChI=1S/C15H16F2N2O2/c1-2-4-18-14-12(16)6-11(7-13(14)17)15(20)19-8-10-3-5-21-9-10/h3,5-7,9,18H,2,4,8H2,1H3,(H,19,20). The first-order valence-corrected chi connectivity index (χ1v) is 6.64. The first-order chi connectivity index (χ1) is 10.1. The number of benzene rings is 1. The predicted molar refractivity (Wildman–Crippen MR) is 75.0 cm³/mol. The summed E-state index contributed by atoms with van der Waals surface area (Å²) >= 11 is 0. The zero-order valence-corrected chi connectivity index (χ0v) is 11.6. The van der Waals surface area contributed by atoms with Crippen LogP contribution in [-0.2, 0) is 6.54 Å². The summed E-state index contributed by atoms with van der Waals surface area (Å²) < 4.78 is 32.5. The molecule has 0 radical (unpaired) electrons. The largest absolute Gasteiger partial charge is 0.472 e. The number of nitrogens with one attached hydrogen (secondary N) is 2. The summed E-state index contributed by atoms with van der Waals surface area (Å²) in [6.07, 6.45) is 3.71. The third kappa shape index (κ3) is 3.81. The Hall–Kier alpha value is -2.37. The van der Waals surface area contributed by atoms with Crippen LogP contribution in [0.2, 0.25) is 0 Å². The van der Waals surface area contributed by atoms with Crippen molar-refractivity contribution < 1.29 is 18.0 Å². The molecule has 0 fully saturated rings. The first kappa shape index (κ1) is 15.0. The highest BCUT2D eigenvalue weighted by molar-refractivity contribution is 5.94. The Bertz CT molecular complexity index is 589. The van der Waals surface area contributed by atoms with Gasteiger partial charge in [0.05, 0.1) is 12.5 Å². The van der Waals surface area contributed by atoms with E-state index in [-0.39, 0.29) is 17.8 Å². The molecule has 2 N–H and O–H groups in total. The fraction of sp³-hybridized carbons (Fsp3) is 0.267. The quantitative estimate of drug-likeness (QED) is 0.859. The normalized spacial score (nSPS) is 10.4. The maximum atomic E-state index is 13.8. The van der Waals surface area contributed by atoms with E-state index in [1.807, 2.05) is 6.92 Å². The Kier molecular flexibility index (Phi) is 4.92. The predicted octanol–water partition coefficient (Wildman–Crippen LogP) is 3.31. The molecule has 0 saturated carbocycles. The summed E-state index contributed by atoms with van der Waals surface area (Å²) in [7, 11) is 0. The van der Waals surface area contributed by atoms with Gasteiger partial charge in [0.25, 0.3) is 5.91 Å².